The molecule has 0 aliphatic carbocycles. The van der Waals surface area contributed by atoms with E-state index in [1.54, 1.807) is 0 Å². The van der Waals surface area contributed by atoms with Crippen LogP contribution in [0.3, 0.4) is 0 Å². The molecule has 2 aliphatic rings. The monoisotopic (exact) mass is 240 g/mol. The molecule has 2 fully saturated rings. The average Bonchev–Trinajstić information content (AvgIpc) is 2.34. The first-order valence-corrected chi connectivity index (χ1v) is 7.19. The third-order valence-corrected chi connectivity index (χ3v) is 4.39. The Hall–Kier alpha value is -0.120. The number of likely N-dealkylation sites (tertiary alicyclic amines) is 1. The van der Waals surface area contributed by atoms with Gasteiger partial charge in [-0.1, -0.05) is 6.92 Å². The number of nitrogens with one attached hydrogen (secondary N) is 1. The molecule has 2 rings (SSSR count). The molecule has 1 unspecified atom stereocenters. The maximum Gasteiger partial charge on any atom is 0.0546 e. The second kappa shape index (κ2) is 6.17. The summed E-state index contributed by atoms with van der Waals surface area (Å²) in [5.74, 6) is 0.925. The maximum atomic E-state index is 5.73. The lowest BCUT2D eigenvalue weighted by atomic mass is 9.81. The lowest BCUT2D eigenvalue weighted by Crippen LogP contribution is -2.50. The topological polar surface area (TPSA) is 24.5 Å². The summed E-state index contributed by atoms with van der Waals surface area (Å²) in [4.78, 5) is 2.66. The van der Waals surface area contributed by atoms with Gasteiger partial charge in [-0.05, 0) is 51.7 Å². The Kier molecular flexibility index (Phi) is 4.83. The summed E-state index contributed by atoms with van der Waals surface area (Å²) in [6.45, 7) is 9.17. The highest BCUT2D eigenvalue weighted by atomic mass is 16.5. The minimum Gasteiger partial charge on any atom is -0.381 e. The number of ether oxygens (including phenoxy) is 1. The Balaban J connectivity index is 1.88. The zero-order valence-electron chi connectivity index (χ0n) is 11.5. The van der Waals surface area contributed by atoms with Crippen LogP contribution in [0.15, 0.2) is 0 Å². The second-order valence-electron chi connectivity index (χ2n) is 6.15. The van der Waals surface area contributed by atoms with Crippen LogP contribution in [-0.4, -0.2) is 51.3 Å². The molecular formula is C14H28N2O. The molecule has 0 saturated carbocycles. The van der Waals surface area contributed by atoms with Gasteiger partial charge < -0.3 is 15.0 Å². The lowest BCUT2D eigenvalue weighted by Gasteiger charge is -2.42. The molecule has 3 nitrogen and oxygen atoms in total. The minimum atomic E-state index is 0.369. The van der Waals surface area contributed by atoms with Gasteiger partial charge in [-0.2, -0.15) is 0 Å². The number of hydrogen-bond acceptors (Lipinski definition) is 3. The highest BCUT2D eigenvalue weighted by molar-refractivity contribution is 4.88. The van der Waals surface area contributed by atoms with Gasteiger partial charge in [0.25, 0.3) is 0 Å². The van der Waals surface area contributed by atoms with E-state index in [2.05, 4.69) is 24.2 Å². The third-order valence-electron chi connectivity index (χ3n) is 4.39. The van der Waals surface area contributed by atoms with Gasteiger partial charge in [0.15, 0.2) is 0 Å². The zero-order chi connectivity index (χ0) is 12.1. The van der Waals surface area contributed by atoms with E-state index in [0.29, 0.717) is 5.41 Å². The Morgan fingerprint density at radius 3 is 2.71 bits per heavy atom. The molecule has 17 heavy (non-hydrogen) atoms. The highest BCUT2D eigenvalue weighted by Crippen LogP contribution is 2.30. The molecule has 0 aromatic carbocycles. The molecule has 0 spiro atoms. The van der Waals surface area contributed by atoms with E-state index in [-0.39, 0.29) is 0 Å². The summed E-state index contributed by atoms with van der Waals surface area (Å²) in [7, 11) is 2.06. The van der Waals surface area contributed by atoms with Crippen molar-refractivity contribution in [2.75, 3.05) is 46.4 Å². The summed E-state index contributed by atoms with van der Waals surface area (Å²) >= 11 is 0. The summed E-state index contributed by atoms with van der Waals surface area (Å²) in [6.07, 6.45) is 5.29. The summed E-state index contributed by atoms with van der Waals surface area (Å²) in [5, 5.41) is 3.37. The van der Waals surface area contributed by atoms with E-state index in [4.69, 9.17) is 4.74 Å². The molecule has 2 saturated heterocycles. The summed E-state index contributed by atoms with van der Waals surface area (Å²) < 4.78 is 5.73. The van der Waals surface area contributed by atoms with E-state index >= 15 is 0 Å². The van der Waals surface area contributed by atoms with Crippen LogP contribution in [0.25, 0.3) is 0 Å². The Bertz CT molecular complexity index is 213. The van der Waals surface area contributed by atoms with E-state index in [1.807, 2.05) is 0 Å². The molecule has 0 aromatic rings. The van der Waals surface area contributed by atoms with Gasteiger partial charge >= 0.3 is 0 Å². The first-order chi connectivity index (χ1) is 8.24. The second-order valence-corrected chi connectivity index (χ2v) is 6.15. The summed E-state index contributed by atoms with van der Waals surface area (Å²) in [5.41, 5.74) is 0.369. The van der Waals surface area contributed by atoms with Crippen molar-refractivity contribution in [2.24, 2.45) is 11.3 Å². The fraction of sp³-hybridized carbons (Fsp3) is 1.00. The fourth-order valence-electron chi connectivity index (χ4n) is 3.30. The largest absolute Gasteiger partial charge is 0.381 e. The van der Waals surface area contributed by atoms with E-state index in [0.717, 1.165) is 25.7 Å². The van der Waals surface area contributed by atoms with Crippen LogP contribution in [0.1, 0.15) is 32.6 Å². The van der Waals surface area contributed by atoms with Crippen LogP contribution >= 0.6 is 0 Å². The van der Waals surface area contributed by atoms with Crippen LogP contribution in [0.2, 0.25) is 0 Å². The molecule has 2 heterocycles. The van der Waals surface area contributed by atoms with Gasteiger partial charge in [-0.3, -0.25) is 0 Å². The first kappa shape index (κ1) is 13.3. The smallest absolute Gasteiger partial charge is 0.0546 e. The van der Waals surface area contributed by atoms with Gasteiger partial charge in [0.05, 0.1) is 6.61 Å². The van der Waals surface area contributed by atoms with Crippen molar-refractivity contribution in [1.82, 2.24) is 10.2 Å². The van der Waals surface area contributed by atoms with Crippen molar-refractivity contribution >= 4 is 0 Å². The molecule has 0 radical (unpaired) electrons. The van der Waals surface area contributed by atoms with Crippen molar-refractivity contribution in [1.29, 1.82) is 0 Å². The van der Waals surface area contributed by atoms with Gasteiger partial charge in [0.2, 0.25) is 0 Å². The van der Waals surface area contributed by atoms with Crippen LogP contribution in [-0.2, 0) is 4.74 Å². The Morgan fingerprint density at radius 1 is 1.35 bits per heavy atom. The maximum absolute atomic E-state index is 5.73. The molecule has 0 aromatic heterocycles. The third kappa shape index (κ3) is 3.67. The predicted octanol–water partition coefficient (Wildman–Crippen LogP) is 1.73. The number of hydrogen-bond donors (Lipinski definition) is 1. The quantitative estimate of drug-likeness (QED) is 0.810. The lowest BCUT2D eigenvalue weighted by molar-refractivity contribution is -0.0295. The molecule has 2 aliphatic heterocycles. The SMILES string of the molecule is CNCC1(CN2CCC(C)CC2)CCCOC1. The number of rotatable bonds is 4. The number of piperidine rings is 1. The van der Waals surface area contributed by atoms with Crippen molar-refractivity contribution in [3.63, 3.8) is 0 Å². The fourth-order valence-corrected chi connectivity index (χ4v) is 3.30. The Morgan fingerprint density at radius 2 is 2.12 bits per heavy atom. The van der Waals surface area contributed by atoms with Crippen molar-refractivity contribution in [3.8, 4) is 0 Å². The highest BCUT2D eigenvalue weighted by Gasteiger charge is 2.34. The molecular weight excluding hydrogens is 212 g/mol. The van der Waals surface area contributed by atoms with Crippen molar-refractivity contribution in [2.45, 2.75) is 32.6 Å². The van der Waals surface area contributed by atoms with Gasteiger partial charge in [0, 0.05) is 25.1 Å². The van der Waals surface area contributed by atoms with E-state index in [1.165, 1.54) is 45.3 Å². The first-order valence-electron chi connectivity index (χ1n) is 7.19. The molecule has 0 bridgehead atoms. The predicted molar refractivity (Wildman–Crippen MR) is 71.3 cm³/mol. The van der Waals surface area contributed by atoms with E-state index < -0.39 is 0 Å². The molecule has 1 N–H and O–H groups in total. The minimum absolute atomic E-state index is 0.369. The normalized spacial score (nSPS) is 32.8. The van der Waals surface area contributed by atoms with Crippen LogP contribution in [0.4, 0.5) is 0 Å². The summed E-state index contributed by atoms with van der Waals surface area (Å²) in [6, 6.07) is 0. The molecule has 3 heteroatoms. The van der Waals surface area contributed by atoms with Crippen LogP contribution in [0.5, 0.6) is 0 Å². The van der Waals surface area contributed by atoms with Crippen molar-refractivity contribution in [3.05, 3.63) is 0 Å². The molecule has 1 atom stereocenters. The van der Waals surface area contributed by atoms with E-state index in [9.17, 15) is 0 Å². The molecule has 100 valence electrons. The number of nitrogens with zero attached hydrogens (tertiary/aromatic N) is 1. The zero-order valence-corrected chi connectivity index (χ0v) is 11.5. The molecule has 0 amide bonds. The van der Waals surface area contributed by atoms with Crippen molar-refractivity contribution < 1.29 is 4.74 Å². The average molecular weight is 240 g/mol. The van der Waals surface area contributed by atoms with Gasteiger partial charge in [-0.15, -0.1) is 0 Å². The van der Waals surface area contributed by atoms with Crippen LogP contribution < -0.4 is 5.32 Å². The Labute approximate surface area is 106 Å². The van der Waals surface area contributed by atoms with Gasteiger partial charge in [0.1, 0.15) is 0 Å². The van der Waals surface area contributed by atoms with Crippen LogP contribution in [0, 0.1) is 11.3 Å². The standard InChI is InChI=1S/C14H28N2O/c1-13-4-7-16(8-5-13)11-14(10-15-2)6-3-9-17-12-14/h13,15H,3-12H2,1-2H3. The van der Waals surface area contributed by atoms with Gasteiger partial charge in [-0.25, -0.2) is 0 Å².